The van der Waals surface area contributed by atoms with Gasteiger partial charge in [-0.3, -0.25) is 4.79 Å². The average Bonchev–Trinajstić information content (AvgIpc) is 2.29. The van der Waals surface area contributed by atoms with Crippen LogP contribution < -0.4 is 5.32 Å². The Hall–Kier alpha value is -0.830. The summed E-state index contributed by atoms with van der Waals surface area (Å²) in [6, 6.07) is 0. The van der Waals surface area contributed by atoms with Crippen LogP contribution in [-0.2, 0) is 4.79 Å². The van der Waals surface area contributed by atoms with Crippen molar-refractivity contribution in [3.05, 3.63) is 11.6 Å². The largest absolute Gasteiger partial charge is 0.481 e. The topological polar surface area (TPSA) is 49.3 Å². The number of hydrogen-bond donors (Lipinski definition) is 2. The van der Waals surface area contributed by atoms with Crippen molar-refractivity contribution in [2.24, 2.45) is 0 Å². The highest BCUT2D eigenvalue weighted by Crippen LogP contribution is 2.19. The van der Waals surface area contributed by atoms with Gasteiger partial charge in [0.25, 0.3) is 0 Å². The van der Waals surface area contributed by atoms with Crippen molar-refractivity contribution in [2.75, 3.05) is 13.1 Å². The number of allylic oxidation sites excluding steroid dienone is 1. The predicted molar refractivity (Wildman–Crippen MR) is 65.5 cm³/mol. The van der Waals surface area contributed by atoms with E-state index in [2.05, 4.69) is 11.4 Å². The van der Waals surface area contributed by atoms with Gasteiger partial charge in [-0.05, 0) is 58.0 Å². The molecule has 0 heterocycles. The van der Waals surface area contributed by atoms with Crippen molar-refractivity contribution in [3.63, 3.8) is 0 Å². The maximum absolute atomic E-state index is 10.3. The van der Waals surface area contributed by atoms with Crippen molar-refractivity contribution in [2.45, 2.75) is 51.4 Å². The number of carbonyl (C=O) groups is 1. The minimum absolute atomic E-state index is 0.298. The second-order valence-corrected chi connectivity index (χ2v) is 4.46. The Bertz CT molecular complexity index is 236. The van der Waals surface area contributed by atoms with Crippen LogP contribution in [0.15, 0.2) is 11.6 Å². The molecule has 0 saturated heterocycles. The fourth-order valence-electron chi connectivity index (χ4n) is 2.03. The quantitative estimate of drug-likeness (QED) is 0.493. The van der Waals surface area contributed by atoms with Gasteiger partial charge in [-0.2, -0.15) is 0 Å². The molecule has 1 rings (SSSR count). The molecule has 0 amide bonds. The average molecular weight is 225 g/mol. The number of nitrogens with one attached hydrogen (secondary N) is 1. The summed E-state index contributed by atoms with van der Waals surface area (Å²) in [6.45, 7) is 1.99. The van der Waals surface area contributed by atoms with Gasteiger partial charge in [0.05, 0.1) is 0 Å². The number of hydrogen-bond acceptors (Lipinski definition) is 2. The Morgan fingerprint density at radius 3 is 2.88 bits per heavy atom. The Morgan fingerprint density at radius 1 is 1.31 bits per heavy atom. The Labute approximate surface area is 97.9 Å². The monoisotopic (exact) mass is 225 g/mol. The molecule has 3 heteroatoms. The summed E-state index contributed by atoms with van der Waals surface area (Å²) in [4.78, 5) is 10.3. The van der Waals surface area contributed by atoms with E-state index in [1.54, 1.807) is 5.57 Å². The molecule has 0 bridgehead atoms. The minimum atomic E-state index is -0.688. The Morgan fingerprint density at radius 2 is 2.19 bits per heavy atom. The standard InChI is InChI=1S/C13H23NO2/c15-13(16)8-4-5-10-14-11-9-12-6-2-1-3-7-12/h6,14H,1-5,7-11H2,(H,15,16). The fourth-order valence-corrected chi connectivity index (χ4v) is 2.03. The zero-order valence-corrected chi connectivity index (χ0v) is 10.0. The van der Waals surface area contributed by atoms with E-state index in [4.69, 9.17) is 5.11 Å². The molecule has 0 fully saturated rings. The lowest BCUT2D eigenvalue weighted by Gasteiger charge is -2.12. The summed E-state index contributed by atoms with van der Waals surface area (Å²) in [5.74, 6) is -0.688. The third-order valence-electron chi connectivity index (χ3n) is 3.00. The van der Waals surface area contributed by atoms with Crippen LogP contribution in [0.3, 0.4) is 0 Å². The number of rotatable bonds is 8. The van der Waals surface area contributed by atoms with E-state index < -0.39 is 5.97 Å². The fraction of sp³-hybridized carbons (Fsp3) is 0.769. The van der Waals surface area contributed by atoms with E-state index in [1.165, 1.54) is 32.1 Å². The maximum Gasteiger partial charge on any atom is 0.303 e. The highest BCUT2D eigenvalue weighted by atomic mass is 16.4. The van der Waals surface area contributed by atoms with Gasteiger partial charge >= 0.3 is 5.97 Å². The van der Waals surface area contributed by atoms with Gasteiger partial charge < -0.3 is 10.4 Å². The number of carboxylic acid groups (broad SMARTS) is 1. The first-order valence-corrected chi connectivity index (χ1v) is 6.39. The van der Waals surface area contributed by atoms with Crippen LogP contribution in [0.5, 0.6) is 0 Å². The summed E-state index contributed by atoms with van der Waals surface area (Å²) in [5.41, 5.74) is 1.60. The van der Waals surface area contributed by atoms with Gasteiger partial charge in [-0.15, -0.1) is 0 Å². The molecule has 0 atom stereocenters. The lowest BCUT2D eigenvalue weighted by Crippen LogP contribution is -2.17. The first-order valence-electron chi connectivity index (χ1n) is 6.39. The van der Waals surface area contributed by atoms with Crippen LogP contribution in [0.2, 0.25) is 0 Å². The normalized spacial score (nSPS) is 15.9. The van der Waals surface area contributed by atoms with Crippen LogP contribution >= 0.6 is 0 Å². The zero-order chi connectivity index (χ0) is 11.6. The summed E-state index contributed by atoms with van der Waals surface area (Å²) < 4.78 is 0. The molecule has 92 valence electrons. The summed E-state index contributed by atoms with van der Waals surface area (Å²) in [6.07, 6.45) is 10.8. The molecule has 0 aliphatic heterocycles. The second-order valence-electron chi connectivity index (χ2n) is 4.46. The van der Waals surface area contributed by atoms with Crippen molar-refractivity contribution in [3.8, 4) is 0 Å². The maximum atomic E-state index is 10.3. The molecular formula is C13H23NO2. The van der Waals surface area contributed by atoms with E-state index in [-0.39, 0.29) is 0 Å². The number of unbranched alkanes of at least 4 members (excludes halogenated alkanes) is 1. The number of carboxylic acids is 1. The minimum Gasteiger partial charge on any atom is -0.481 e. The highest BCUT2D eigenvalue weighted by Gasteiger charge is 2.02. The second kappa shape index (κ2) is 8.34. The third kappa shape index (κ3) is 6.62. The molecule has 0 radical (unpaired) electrons. The van der Waals surface area contributed by atoms with Crippen LogP contribution in [0, 0.1) is 0 Å². The van der Waals surface area contributed by atoms with Crippen LogP contribution in [-0.4, -0.2) is 24.2 Å². The first kappa shape index (κ1) is 13.2. The summed E-state index contributed by atoms with van der Waals surface area (Å²) in [5, 5.41) is 11.8. The van der Waals surface area contributed by atoms with Gasteiger partial charge in [-0.25, -0.2) is 0 Å². The molecule has 16 heavy (non-hydrogen) atoms. The molecule has 0 unspecified atom stereocenters. The molecular weight excluding hydrogens is 202 g/mol. The van der Waals surface area contributed by atoms with Crippen LogP contribution in [0.4, 0.5) is 0 Å². The first-order chi connectivity index (χ1) is 7.79. The van der Waals surface area contributed by atoms with E-state index in [9.17, 15) is 4.79 Å². The van der Waals surface area contributed by atoms with Crippen molar-refractivity contribution < 1.29 is 9.90 Å². The predicted octanol–water partition coefficient (Wildman–Crippen LogP) is 2.72. The number of aliphatic carboxylic acids is 1. The molecule has 0 aromatic carbocycles. The lowest BCUT2D eigenvalue weighted by molar-refractivity contribution is -0.137. The van der Waals surface area contributed by atoms with E-state index in [0.29, 0.717) is 6.42 Å². The van der Waals surface area contributed by atoms with Gasteiger partial charge in [0, 0.05) is 6.42 Å². The summed E-state index contributed by atoms with van der Waals surface area (Å²) in [7, 11) is 0. The molecule has 1 aliphatic rings. The summed E-state index contributed by atoms with van der Waals surface area (Å²) >= 11 is 0. The molecule has 0 saturated carbocycles. The van der Waals surface area contributed by atoms with E-state index >= 15 is 0 Å². The smallest absolute Gasteiger partial charge is 0.303 e. The molecule has 2 N–H and O–H groups in total. The molecule has 0 aromatic rings. The Balaban J connectivity index is 1.88. The molecule has 0 aromatic heterocycles. The van der Waals surface area contributed by atoms with Crippen molar-refractivity contribution in [1.82, 2.24) is 5.32 Å². The van der Waals surface area contributed by atoms with Gasteiger partial charge in [-0.1, -0.05) is 11.6 Å². The van der Waals surface area contributed by atoms with Gasteiger partial charge in [0.1, 0.15) is 0 Å². The van der Waals surface area contributed by atoms with Crippen molar-refractivity contribution >= 4 is 5.97 Å². The van der Waals surface area contributed by atoms with E-state index in [1.807, 2.05) is 0 Å². The van der Waals surface area contributed by atoms with E-state index in [0.717, 1.165) is 25.9 Å². The molecule has 1 aliphatic carbocycles. The zero-order valence-electron chi connectivity index (χ0n) is 10.0. The lowest BCUT2D eigenvalue weighted by atomic mass is 9.97. The SMILES string of the molecule is O=C(O)CCCCNCCC1=CCCCC1. The van der Waals surface area contributed by atoms with Crippen molar-refractivity contribution in [1.29, 1.82) is 0 Å². The van der Waals surface area contributed by atoms with Crippen LogP contribution in [0.1, 0.15) is 51.4 Å². The molecule has 3 nitrogen and oxygen atoms in total. The van der Waals surface area contributed by atoms with Crippen LogP contribution in [0.25, 0.3) is 0 Å². The Kier molecular flexibility index (Phi) is 6.90. The van der Waals surface area contributed by atoms with Gasteiger partial charge in [0.2, 0.25) is 0 Å². The third-order valence-corrected chi connectivity index (χ3v) is 3.00. The van der Waals surface area contributed by atoms with Gasteiger partial charge in [0.15, 0.2) is 0 Å². The molecule has 0 spiro atoms. The highest BCUT2D eigenvalue weighted by molar-refractivity contribution is 5.66.